The van der Waals surface area contributed by atoms with Gasteiger partial charge in [-0.1, -0.05) is 26.2 Å². The van der Waals surface area contributed by atoms with Gasteiger partial charge in [0.1, 0.15) is 0 Å². The van der Waals surface area contributed by atoms with E-state index in [1.807, 2.05) is 0 Å². The molecule has 1 rings (SSSR count). The zero-order chi connectivity index (χ0) is 18.9. The van der Waals surface area contributed by atoms with Crippen LogP contribution in [0.2, 0.25) is 26.2 Å². The van der Waals surface area contributed by atoms with Crippen molar-refractivity contribution in [1.82, 2.24) is 0 Å². The van der Waals surface area contributed by atoms with Gasteiger partial charge in [0.2, 0.25) is 0 Å². The summed E-state index contributed by atoms with van der Waals surface area (Å²) in [6, 6.07) is 0. The highest BCUT2D eigenvalue weighted by atomic mass is 28.3. The van der Waals surface area contributed by atoms with Crippen LogP contribution in [-0.4, -0.2) is 61.9 Å². The van der Waals surface area contributed by atoms with E-state index in [2.05, 4.69) is 0 Å². The molecule has 128 valence electrons. The number of carboxylic acids is 4. The van der Waals surface area contributed by atoms with Gasteiger partial charge < -0.3 is 20.4 Å². The maximum Gasteiger partial charge on any atom is 0.337 e. The fourth-order valence-electron chi connectivity index (χ4n) is 2.61. The highest BCUT2D eigenvalue weighted by Crippen LogP contribution is 2.20. The second kappa shape index (κ2) is 6.97. The van der Waals surface area contributed by atoms with E-state index < -0.39 is 63.7 Å². The van der Waals surface area contributed by atoms with Gasteiger partial charge in [-0.05, 0) is 10.4 Å². The standard InChI is InChI=1S/C14H16O8Si2/c1-23(2)9-7(13(19)20)5(11(15)16)6(12(17)18)8(14(21)22)10(9)24(3)4/h1-4H3,(H,15,16)(H,17,18)(H,19,20)(H,21,22). The van der Waals surface area contributed by atoms with Crippen LogP contribution in [-0.2, 0) is 0 Å². The lowest BCUT2D eigenvalue weighted by molar-refractivity contribution is 0.0621. The van der Waals surface area contributed by atoms with Crippen molar-refractivity contribution in [2.24, 2.45) is 0 Å². The van der Waals surface area contributed by atoms with E-state index in [0.717, 1.165) is 0 Å². The summed E-state index contributed by atoms with van der Waals surface area (Å²) in [6.45, 7) is 6.83. The van der Waals surface area contributed by atoms with Crippen LogP contribution >= 0.6 is 0 Å². The molecule has 0 aliphatic heterocycles. The second-order valence-electron chi connectivity index (χ2n) is 5.47. The summed E-state index contributed by atoms with van der Waals surface area (Å²) in [7, 11) is -3.18. The summed E-state index contributed by atoms with van der Waals surface area (Å²) in [5.74, 6) is -6.69. The predicted octanol–water partition coefficient (Wildman–Crippen LogP) is 0.402. The topological polar surface area (TPSA) is 149 Å². The Labute approximate surface area is 140 Å². The first kappa shape index (κ1) is 19.6. The average molecular weight is 368 g/mol. The summed E-state index contributed by atoms with van der Waals surface area (Å²) < 4.78 is 0. The summed E-state index contributed by atoms with van der Waals surface area (Å²) in [5.41, 5.74) is -3.16. The average Bonchev–Trinajstić information content (AvgIpc) is 2.42. The summed E-state index contributed by atoms with van der Waals surface area (Å²) in [6.07, 6.45) is 0. The number of hydrogen-bond acceptors (Lipinski definition) is 4. The lowest BCUT2D eigenvalue weighted by atomic mass is 9.95. The Morgan fingerprint density at radius 3 is 0.875 bits per heavy atom. The van der Waals surface area contributed by atoms with E-state index in [1.165, 1.54) is 0 Å². The molecule has 8 nitrogen and oxygen atoms in total. The highest BCUT2D eigenvalue weighted by Gasteiger charge is 2.37. The monoisotopic (exact) mass is 368 g/mol. The molecule has 10 heteroatoms. The maximum absolute atomic E-state index is 11.7. The molecule has 0 heterocycles. The summed E-state index contributed by atoms with van der Waals surface area (Å²) >= 11 is 0. The molecule has 0 unspecified atom stereocenters. The Kier molecular flexibility index (Phi) is 5.68. The molecular formula is C14H16O8Si2. The van der Waals surface area contributed by atoms with Gasteiger partial charge in [0, 0.05) is 0 Å². The molecule has 1 aromatic carbocycles. The van der Waals surface area contributed by atoms with Crippen molar-refractivity contribution in [2.75, 3.05) is 0 Å². The highest BCUT2D eigenvalue weighted by molar-refractivity contribution is 6.84. The van der Waals surface area contributed by atoms with Gasteiger partial charge >= 0.3 is 23.9 Å². The lowest BCUT2D eigenvalue weighted by Crippen LogP contribution is -2.52. The molecule has 0 atom stereocenters. The van der Waals surface area contributed by atoms with Crippen molar-refractivity contribution in [3.8, 4) is 0 Å². The number of benzene rings is 1. The van der Waals surface area contributed by atoms with Gasteiger partial charge in [-0.25, -0.2) is 19.2 Å². The molecule has 0 saturated heterocycles. The minimum Gasteiger partial charge on any atom is -0.478 e. The van der Waals surface area contributed by atoms with E-state index in [-0.39, 0.29) is 10.4 Å². The molecule has 0 bridgehead atoms. The van der Waals surface area contributed by atoms with Gasteiger partial charge in [0.05, 0.1) is 39.8 Å². The summed E-state index contributed by atoms with van der Waals surface area (Å²) in [5, 5.41) is 38.1. The molecule has 4 N–H and O–H groups in total. The number of rotatable bonds is 6. The van der Waals surface area contributed by atoms with Crippen LogP contribution in [0.15, 0.2) is 0 Å². The molecule has 24 heavy (non-hydrogen) atoms. The third kappa shape index (κ3) is 3.24. The van der Waals surface area contributed by atoms with Crippen molar-refractivity contribution in [1.29, 1.82) is 0 Å². The van der Waals surface area contributed by atoms with Gasteiger partial charge in [-0.15, -0.1) is 0 Å². The molecule has 0 spiro atoms. The van der Waals surface area contributed by atoms with E-state index in [4.69, 9.17) is 0 Å². The van der Waals surface area contributed by atoms with Crippen molar-refractivity contribution < 1.29 is 39.6 Å². The number of carbonyl (C=O) groups is 4. The first-order chi connectivity index (χ1) is 10.9. The van der Waals surface area contributed by atoms with E-state index in [0.29, 0.717) is 0 Å². The zero-order valence-corrected chi connectivity index (χ0v) is 15.4. The Hall–Kier alpha value is -2.47. The lowest BCUT2D eigenvalue weighted by Gasteiger charge is -2.23. The third-order valence-electron chi connectivity index (χ3n) is 3.36. The van der Waals surface area contributed by atoms with Crippen molar-refractivity contribution in [3.05, 3.63) is 22.3 Å². The van der Waals surface area contributed by atoms with Crippen molar-refractivity contribution in [3.63, 3.8) is 0 Å². The quantitative estimate of drug-likeness (QED) is 0.527. The zero-order valence-electron chi connectivity index (χ0n) is 13.4. The molecule has 0 aliphatic rings. The molecule has 0 aromatic heterocycles. The minimum atomic E-state index is -1.77. The third-order valence-corrected chi connectivity index (χ3v) is 6.61. The number of hydrogen-bond donors (Lipinski definition) is 4. The van der Waals surface area contributed by atoms with Crippen molar-refractivity contribution >= 4 is 51.8 Å². The van der Waals surface area contributed by atoms with Crippen LogP contribution in [0, 0.1) is 0 Å². The first-order valence-corrected chi connectivity index (χ1v) is 11.7. The summed E-state index contributed by atoms with van der Waals surface area (Å²) in [4.78, 5) is 46.6. The fraction of sp³-hybridized carbons (Fsp3) is 0.286. The van der Waals surface area contributed by atoms with Gasteiger partial charge in [-0.2, -0.15) is 0 Å². The Morgan fingerprint density at radius 1 is 0.542 bits per heavy atom. The second-order valence-corrected chi connectivity index (χ2v) is 10.5. The molecular weight excluding hydrogens is 352 g/mol. The Morgan fingerprint density at radius 2 is 0.750 bits per heavy atom. The molecule has 0 fully saturated rings. The van der Waals surface area contributed by atoms with Crippen LogP contribution in [0.4, 0.5) is 0 Å². The van der Waals surface area contributed by atoms with E-state index in [9.17, 15) is 39.6 Å². The van der Waals surface area contributed by atoms with Gasteiger partial charge in [0.25, 0.3) is 0 Å². The molecule has 0 saturated carbocycles. The molecule has 0 amide bonds. The first-order valence-electron chi connectivity index (χ1n) is 6.71. The van der Waals surface area contributed by atoms with Crippen LogP contribution in [0.1, 0.15) is 41.4 Å². The minimum absolute atomic E-state index is 0.172. The van der Waals surface area contributed by atoms with E-state index in [1.54, 1.807) is 26.2 Å². The van der Waals surface area contributed by atoms with Gasteiger partial charge in [0.15, 0.2) is 0 Å². The maximum atomic E-state index is 11.7. The Balaban J connectivity index is 4.41. The number of aromatic carboxylic acids is 4. The normalized spacial score (nSPS) is 10.9. The Bertz CT molecular complexity index is 689. The molecule has 0 aliphatic carbocycles. The van der Waals surface area contributed by atoms with E-state index >= 15 is 0 Å². The SMILES string of the molecule is C[Si](C)c1c(C(=O)O)c(C(=O)O)c(C(=O)O)c(C(=O)O)c1[Si](C)C. The predicted molar refractivity (Wildman–Crippen MR) is 88.5 cm³/mol. The van der Waals surface area contributed by atoms with Crippen molar-refractivity contribution in [2.45, 2.75) is 26.2 Å². The number of carboxylic acid groups (broad SMARTS) is 4. The largest absolute Gasteiger partial charge is 0.478 e. The van der Waals surface area contributed by atoms with Gasteiger partial charge in [-0.3, -0.25) is 0 Å². The molecule has 1 aromatic rings. The fourth-order valence-corrected chi connectivity index (χ4v) is 6.82. The molecule has 2 radical (unpaired) electrons. The smallest absolute Gasteiger partial charge is 0.337 e. The van der Waals surface area contributed by atoms with Crippen LogP contribution in [0.25, 0.3) is 0 Å². The van der Waals surface area contributed by atoms with Crippen LogP contribution in [0.5, 0.6) is 0 Å². The van der Waals surface area contributed by atoms with Crippen LogP contribution < -0.4 is 10.4 Å². The van der Waals surface area contributed by atoms with Crippen LogP contribution in [0.3, 0.4) is 0 Å².